The first-order valence-electron chi connectivity index (χ1n) is 11.6. The molecule has 0 radical (unpaired) electrons. The molecule has 2 aliphatic rings. The molecule has 7 nitrogen and oxygen atoms in total. The van der Waals surface area contributed by atoms with Gasteiger partial charge < -0.3 is 10.2 Å². The highest BCUT2D eigenvalue weighted by molar-refractivity contribution is 7.09. The predicted octanol–water partition coefficient (Wildman–Crippen LogP) is 3.82. The SMILES string of the molecule is O=C(c1ccc(F)cc1)N1CCC(C2(c3cccnc3)NC(=O)N(CCc3cccs3)C2=O)CC1. The van der Waals surface area contributed by atoms with E-state index in [1.165, 1.54) is 29.2 Å². The van der Waals surface area contributed by atoms with Gasteiger partial charge in [0.15, 0.2) is 5.54 Å². The fourth-order valence-electron chi connectivity index (χ4n) is 5.07. The minimum atomic E-state index is -1.22. The summed E-state index contributed by atoms with van der Waals surface area (Å²) in [5.41, 5.74) is -0.136. The fraction of sp³-hybridized carbons (Fsp3) is 0.308. The number of imide groups is 1. The third-order valence-electron chi connectivity index (χ3n) is 6.90. The molecule has 0 saturated carbocycles. The molecule has 4 heterocycles. The quantitative estimate of drug-likeness (QED) is 0.531. The molecule has 1 unspecified atom stereocenters. The molecular weight excluding hydrogens is 467 g/mol. The van der Waals surface area contributed by atoms with Gasteiger partial charge in [-0.2, -0.15) is 0 Å². The van der Waals surface area contributed by atoms with E-state index in [0.717, 1.165) is 4.88 Å². The Bertz CT molecular complexity index is 1210. The molecule has 4 amide bonds. The Morgan fingerprint density at radius 2 is 1.89 bits per heavy atom. The highest BCUT2D eigenvalue weighted by atomic mass is 32.1. The average molecular weight is 493 g/mol. The molecule has 0 spiro atoms. The van der Waals surface area contributed by atoms with Crippen LogP contribution < -0.4 is 5.32 Å². The first-order chi connectivity index (χ1) is 17.0. The van der Waals surface area contributed by atoms with E-state index in [0.29, 0.717) is 50.0 Å². The first-order valence-corrected chi connectivity index (χ1v) is 12.5. The van der Waals surface area contributed by atoms with Gasteiger partial charge in [0.1, 0.15) is 5.82 Å². The highest BCUT2D eigenvalue weighted by Gasteiger charge is 2.57. The third-order valence-corrected chi connectivity index (χ3v) is 7.83. The number of benzene rings is 1. The second kappa shape index (κ2) is 9.58. The van der Waals surface area contributed by atoms with Crippen LogP contribution in [-0.4, -0.2) is 52.3 Å². The van der Waals surface area contributed by atoms with E-state index in [-0.39, 0.29) is 17.7 Å². The van der Waals surface area contributed by atoms with Gasteiger partial charge in [0.05, 0.1) is 0 Å². The Balaban J connectivity index is 1.36. The molecular formula is C26H25FN4O3S. The van der Waals surface area contributed by atoms with Crippen LogP contribution in [-0.2, 0) is 16.8 Å². The van der Waals surface area contributed by atoms with Crippen molar-refractivity contribution in [2.45, 2.75) is 24.8 Å². The Morgan fingerprint density at radius 1 is 1.11 bits per heavy atom. The number of nitrogens with zero attached hydrogens (tertiary/aromatic N) is 3. The number of urea groups is 1. The van der Waals surface area contributed by atoms with E-state index < -0.39 is 17.4 Å². The van der Waals surface area contributed by atoms with Crippen LogP contribution >= 0.6 is 11.3 Å². The molecule has 3 aromatic rings. The van der Waals surface area contributed by atoms with E-state index in [9.17, 15) is 18.8 Å². The van der Waals surface area contributed by atoms with Gasteiger partial charge in [-0.1, -0.05) is 12.1 Å². The second-order valence-corrected chi connectivity index (χ2v) is 9.87. The van der Waals surface area contributed by atoms with Crippen LogP contribution in [0.5, 0.6) is 0 Å². The molecule has 2 aliphatic heterocycles. The molecule has 2 saturated heterocycles. The number of likely N-dealkylation sites (tertiary alicyclic amines) is 1. The molecule has 180 valence electrons. The van der Waals surface area contributed by atoms with Crippen molar-refractivity contribution in [1.29, 1.82) is 0 Å². The number of thiophene rings is 1. The molecule has 1 N–H and O–H groups in total. The molecule has 35 heavy (non-hydrogen) atoms. The molecule has 0 aliphatic carbocycles. The number of pyridine rings is 1. The number of nitrogens with one attached hydrogen (secondary N) is 1. The van der Waals surface area contributed by atoms with Crippen LogP contribution in [0.15, 0.2) is 66.3 Å². The lowest BCUT2D eigenvalue weighted by Crippen LogP contribution is -2.54. The number of halogens is 1. The highest BCUT2D eigenvalue weighted by Crippen LogP contribution is 2.41. The Morgan fingerprint density at radius 3 is 2.54 bits per heavy atom. The van der Waals surface area contributed by atoms with E-state index in [1.54, 1.807) is 34.7 Å². The lowest BCUT2D eigenvalue weighted by molar-refractivity contribution is -0.134. The topological polar surface area (TPSA) is 82.6 Å². The van der Waals surface area contributed by atoms with Crippen LogP contribution in [0.1, 0.15) is 33.6 Å². The summed E-state index contributed by atoms with van der Waals surface area (Å²) in [6.45, 7) is 1.16. The Labute approximate surface area is 206 Å². The lowest BCUT2D eigenvalue weighted by atomic mass is 9.73. The number of rotatable bonds is 6. The van der Waals surface area contributed by atoms with Gasteiger partial charge in [0.25, 0.3) is 11.8 Å². The normalized spacial score (nSPS) is 20.8. The Kier molecular flexibility index (Phi) is 6.34. The van der Waals surface area contributed by atoms with Gasteiger partial charge in [0.2, 0.25) is 0 Å². The van der Waals surface area contributed by atoms with Gasteiger partial charge in [-0.25, -0.2) is 9.18 Å². The minimum Gasteiger partial charge on any atom is -0.339 e. The van der Waals surface area contributed by atoms with E-state index >= 15 is 0 Å². The van der Waals surface area contributed by atoms with Crippen LogP contribution in [0, 0.1) is 11.7 Å². The maximum atomic E-state index is 13.9. The van der Waals surface area contributed by atoms with Crippen molar-refractivity contribution in [3.63, 3.8) is 0 Å². The number of carbonyl (C=O) groups excluding carboxylic acids is 3. The standard InChI is InChI=1S/C26H25FN4O3S/c27-21-7-5-18(6-8-21)23(32)30-13-9-19(10-14-30)26(20-3-1-12-28-17-20)24(33)31(25(34)29-26)15-11-22-4-2-16-35-22/h1-8,12,16-17,19H,9-11,13-15H2,(H,29,34). The van der Waals surface area contributed by atoms with Gasteiger partial charge in [-0.3, -0.25) is 19.5 Å². The summed E-state index contributed by atoms with van der Waals surface area (Å²) in [5, 5.41) is 5.00. The van der Waals surface area contributed by atoms with Crippen LogP contribution in [0.3, 0.4) is 0 Å². The van der Waals surface area contributed by atoms with Crippen molar-refractivity contribution in [2.75, 3.05) is 19.6 Å². The fourth-order valence-corrected chi connectivity index (χ4v) is 5.77. The lowest BCUT2D eigenvalue weighted by Gasteiger charge is -2.41. The molecule has 5 rings (SSSR count). The summed E-state index contributed by atoms with van der Waals surface area (Å²) >= 11 is 1.60. The monoisotopic (exact) mass is 492 g/mol. The number of aromatic nitrogens is 1. The zero-order valence-corrected chi connectivity index (χ0v) is 19.8. The van der Waals surface area contributed by atoms with Crippen molar-refractivity contribution < 1.29 is 18.8 Å². The summed E-state index contributed by atoms with van der Waals surface area (Å²) in [6, 6.07) is 12.6. The van der Waals surface area contributed by atoms with E-state index in [1.807, 2.05) is 23.6 Å². The van der Waals surface area contributed by atoms with Crippen LogP contribution in [0.4, 0.5) is 9.18 Å². The zero-order valence-electron chi connectivity index (χ0n) is 19.0. The maximum Gasteiger partial charge on any atom is 0.325 e. The molecule has 9 heteroatoms. The maximum absolute atomic E-state index is 13.9. The second-order valence-electron chi connectivity index (χ2n) is 8.84. The predicted molar refractivity (Wildman–Crippen MR) is 129 cm³/mol. The van der Waals surface area contributed by atoms with Crippen LogP contribution in [0.25, 0.3) is 0 Å². The smallest absolute Gasteiger partial charge is 0.325 e. The van der Waals surface area contributed by atoms with Crippen LogP contribution in [0.2, 0.25) is 0 Å². The summed E-state index contributed by atoms with van der Waals surface area (Å²) in [5.74, 6) is -1.03. The summed E-state index contributed by atoms with van der Waals surface area (Å²) < 4.78 is 13.3. The average Bonchev–Trinajstić information content (AvgIpc) is 3.50. The van der Waals surface area contributed by atoms with Crippen molar-refractivity contribution >= 4 is 29.2 Å². The van der Waals surface area contributed by atoms with Gasteiger partial charge in [-0.15, -0.1) is 11.3 Å². The van der Waals surface area contributed by atoms with Crippen molar-refractivity contribution in [3.05, 3.63) is 88.1 Å². The summed E-state index contributed by atoms with van der Waals surface area (Å²) in [7, 11) is 0. The zero-order chi connectivity index (χ0) is 24.4. The number of amides is 4. The minimum absolute atomic E-state index is 0.168. The van der Waals surface area contributed by atoms with E-state index in [4.69, 9.17) is 0 Å². The third kappa shape index (κ3) is 4.32. The largest absolute Gasteiger partial charge is 0.339 e. The molecule has 2 fully saturated rings. The molecule has 1 aromatic carbocycles. The number of piperidine rings is 1. The Hall–Kier alpha value is -3.59. The van der Waals surface area contributed by atoms with Gasteiger partial charge in [-0.05, 0) is 67.0 Å². The number of carbonyl (C=O) groups is 3. The van der Waals surface area contributed by atoms with Crippen molar-refractivity contribution in [3.8, 4) is 0 Å². The number of hydrogen-bond donors (Lipinski definition) is 1. The number of hydrogen-bond acceptors (Lipinski definition) is 5. The molecule has 2 aromatic heterocycles. The molecule has 0 bridgehead atoms. The van der Waals surface area contributed by atoms with Gasteiger partial charge >= 0.3 is 6.03 Å². The first kappa shape index (κ1) is 23.2. The van der Waals surface area contributed by atoms with Gasteiger partial charge in [0, 0.05) is 48.0 Å². The van der Waals surface area contributed by atoms with Crippen molar-refractivity contribution in [1.82, 2.24) is 20.1 Å². The van der Waals surface area contributed by atoms with Crippen molar-refractivity contribution in [2.24, 2.45) is 5.92 Å². The van der Waals surface area contributed by atoms with E-state index in [2.05, 4.69) is 10.3 Å². The summed E-state index contributed by atoms with van der Waals surface area (Å²) in [6.07, 6.45) is 4.94. The molecule has 1 atom stereocenters. The summed E-state index contributed by atoms with van der Waals surface area (Å²) in [4.78, 5) is 48.2.